The van der Waals surface area contributed by atoms with Gasteiger partial charge in [-0.2, -0.15) is 11.8 Å². The van der Waals surface area contributed by atoms with Gasteiger partial charge in [0.25, 0.3) is 0 Å². The minimum atomic E-state index is 0.415. The molecular weight excluding hydrogens is 192 g/mol. The molecule has 2 fully saturated rings. The van der Waals surface area contributed by atoms with E-state index in [0.717, 1.165) is 18.5 Å². The fourth-order valence-electron chi connectivity index (χ4n) is 2.51. The van der Waals surface area contributed by atoms with Crippen molar-refractivity contribution in [1.82, 2.24) is 4.90 Å². The van der Waals surface area contributed by atoms with E-state index >= 15 is 0 Å². The molecule has 2 aliphatic heterocycles. The Hall–Kier alpha value is 0.270. The van der Waals surface area contributed by atoms with Gasteiger partial charge >= 0.3 is 0 Å². The molecule has 82 valence electrons. The first-order valence-electron chi connectivity index (χ1n) is 5.85. The second-order valence-electron chi connectivity index (χ2n) is 4.77. The summed E-state index contributed by atoms with van der Waals surface area (Å²) < 4.78 is 0. The van der Waals surface area contributed by atoms with Gasteiger partial charge in [0.05, 0.1) is 0 Å². The van der Waals surface area contributed by atoms with Crippen LogP contribution in [-0.2, 0) is 0 Å². The minimum absolute atomic E-state index is 0.415. The molecule has 0 saturated carbocycles. The highest BCUT2D eigenvalue weighted by molar-refractivity contribution is 7.99. The fourth-order valence-corrected chi connectivity index (χ4v) is 3.59. The van der Waals surface area contributed by atoms with Crippen molar-refractivity contribution < 1.29 is 0 Å². The first-order chi connectivity index (χ1) is 6.77. The van der Waals surface area contributed by atoms with Gasteiger partial charge in [-0.15, -0.1) is 0 Å². The van der Waals surface area contributed by atoms with Crippen molar-refractivity contribution in [2.75, 3.05) is 24.6 Å². The van der Waals surface area contributed by atoms with Crippen LogP contribution >= 0.6 is 11.8 Å². The molecular formula is C11H22N2S. The number of nitrogens with zero attached hydrogens (tertiary/aromatic N) is 1. The van der Waals surface area contributed by atoms with Crippen LogP contribution in [0.3, 0.4) is 0 Å². The molecule has 2 N–H and O–H groups in total. The normalized spacial score (nSPS) is 37.3. The Morgan fingerprint density at radius 3 is 2.57 bits per heavy atom. The monoisotopic (exact) mass is 214 g/mol. The summed E-state index contributed by atoms with van der Waals surface area (Å²) in [6.45, 7) is 4.71. The molecule has 0 aromatic carbocycles. The average molecular weight is 214 g/mol. The van der Waals surface area contributed by atoms with Crippen LogP contribution in [0.2, 0.25) is 0 Å². The molecule has 0 bridgehead atoms. The van der Waals surface area contributed by atoms with E-state index in [1.807, 2.05) is 0 Å². The number of thioether (sulfide) groups is 1. The van der Waals surface area contributed by atoms with E-state index in [-0.39, 0.29) is 0 Å². The third-order valence-electron chi connectivity index (χ3n) is 3.76. The zero-order valence-corrected chi connectivity index (χ0v) is 9.93. The van der Waals surface area contributed by atoms with Crippen LogP contribution in [0.15, 0.2) is 0 Å². The van der Waals surface area contributed by atoms with Crippen molar-refractivity contribution in [2.24, 2.45) is 11.7 Å². The zero-order chi connectivity index (χ0) is 9.97. The van der Waals surface area contributed by atoms with Crippen LogP contribution in [0.25, 0.3) is 0 Å². The Morgan fingerprint density at radius 1 is 1.21 bits per heavy atom. The topological polar surface area (TPSA) is 29.3 Å². The van der Waals surface area contributed by atoms with Crippen LogP contribution in [-0.4, -0.2) is 41.6 Å². The van der Waals surface area contributed by atoms with Crippen molar-refractivity contribution in [2.45, 2.75) is 38.3 Å². The predicted molar refractivity (Wildman–Crippen MR) is 63.7 cm³/mol. The van der Waals surface area contributed by atoms with Gasteiger partial charge < -0.3 is 5.73 Å². The minimum Gasteiger partial charge on any atom is -0.326 e. The standard InChI is InChI=1S/C11H22N2S/c1-9-2-5-13(8-11(9)12)10-3-6-14-7-4-10/h9-11H,2-8,12H2,1H3. The van der Waals surface area contributed by atoms with Crippen molar-refractivity contribution in [3.63, 3.8) is 0 Å². The van der Waals surface area contributed by atoms with Gasteiger partial charge in [-0.05, 0) is 43.2 Å². The maximum Gasteiger partial charge on any atom is 0.0194 e. The molecule has 0 aromatic rings. The summed E-state index contributed by atoms with van der Waals surface area (Å²) in [7, 11) is 0. The molecule has 2 unspecified atom stereocenters. The largest absolute Gasteiger partial charge is 0.326 e. The third-order valence-corrected chi connectivity index (χ3v) is 4.80. The second kappa shape index (κ2) is 4.86. The Kier molecular flexibility index (Phi) is 3.74. The van der Waals surface area contributed by atoms with Gasteiger partial charge in [-0.25, -0.2) is 0 Å². The van der Waals surface area contributed by atoms with Gasteiger partial charge in [0.2, 0.25) is 0 Å². The van der Waals surface area contributed by atoms with Gasteiger partial charge in [0.15, 0.2) is 0 Å². The van der Waals surface area contributed by atoms with Gasteiger partial charge in [0.1, 0.15) is 0 Å². The summed E-state index contributed by atoms with van der Waals surface area (Å²) in [4.78, 5) is 2.64. The Labute approximate surface area is 91.6 Å². The van der Waals surface area contributed by atoms with E-state index in [9.17, 15) is 0 Å². The summed E-state index contributed by atoms with van der Waals surface area (Å²) in [5.41, 5.74) is 6.13. The van der Waals surface area contributed by atoms with E-state index in [0.29, 0.717) is 6.04 Å². The van der Waals surface area contributed by atoms with Crippen LogP contribution in [0.1, 0.15) is 26.2 Å². The molecule has 0 amide bonds. The lowest BCUT2D eigenvalue weighted by molar-refractivity contribution is 0.114. The maximum atomic E-state index is 6.13. The number of hydrogen-bond donors (Lipinski definition) is 1. The SMILES string of the molecule is CC1CCN(C2CCSCC2)CC1N. The van der Waals surface area contributed by atoms with Gasteiger partial charge in [-0.3, -0.25) is 4.90 Å². The van der Waals surface area contributed by atoms with Crippen molar-refractivity contribution in [3.8, 4) is 0 Å². The maximum absolute atomic E-state index is 6.13. The van der Waals surface area contributed by atoms with E-state index in [2.05, 4.69) is 23.6 Å². The first-order valence-corrected chi connectivity index (χ1v) is 7.00. The molecule has 2 nitrogen and oxygen atoms in total. The lowest BCUT2D eigenvalue weighted by Crippen LogP contribution is -2.52. The van der Waals surface area contributed by atoms with Crippen molar-refractivity contribution in [1.29, 1.82) is 0 Å². The van der Waals surface area contributed by atoms with Crippen LogP contribution in [0, 0.1) is 5.92 Å². The molecule has 0 aliphatic carbocycles. The molecule has 2 heterocycles. The van der Waals surface area contributed by atoms with Crippen LogP contribution < -0.4 is 5.73 Å². The summed E-state index contributed by atoms with van der Waals surface area (Å²) in [6, 6.07) is 1.26. The molecule has 0 aromatic heterocycles. The van der Waals surface area contributed by atoms with E-state index in [1.165, 1.54) is 37.3 Å². The van der Waals surface area contributed by atoms with Crippen molar-refractivity contribution >= 4 is 11.8 Å². The third kappa shape index (κ3) is 2.44. The number of likely N-dealkylation sites (tertiary alicyclic amines) is 1. The molecule has 0 spiro atoms. The van der Waals surface area contributed by atoms with E-state index < -0.39 is 0 Å². The van der Waals surface area contributed by atoms with Crippen LogP contribution in [0.4, 0.5) is 0 Å². The van der Waals surface area contributed by atoms with Crippen molar-refractivity contribution in [3.05, 3.63) is 0 Å². The predicted octanol–water partition coefficient (Wildman–Crippen LogP) is 1.55. The van der Waals surface area contributed by atoms with E-state index in [1.54, 1.807) is 0 Å². The zero-order valence-electron chi connectivity index (χ0n) is 9.11. The fraction of sp³-hybridized carbons (Fsp3) is 1.00. The highest BCUT2D eigenvalue weighted by Crippen LogP contribution is 2.25. The number of hydrogen-bond acceptors (Lipinski definition) is 3. The summed E-state index contributed by atoms with van der Waals surface area (Å²) >= 11 is 2.11. The van der Waals surface area contributed by atoms with Crippen LogP contribution in [0.5, 0.6) is 0 Å². The second-order valence-corrected chi connectivity index (χ2v) is 5.99. The average Bonchev–Trinajstić information content (AvgIpc) is 2.23. The van der Waals surface area contributed by atoms with Gasteiger partial charge in [0, 0.05) is 18.6 Å². The molecule has 2 atom stereocenters. The quantitative estimate of drug-likeness (QED) is 0.718. The molecule has 3 heteroatoms. The summed E-state index contributed by atoms with van der Waals surface area (Å²) in [5, 5.41) is 0. The number of nitrogens with two attached hydrogens (primary N) is 1. The Bertz CT molecular complexity index is 180. The lowest BCUT2D eigenvalue weighted by Gasteiger charge is -2.41. The highest BCUT2D eigenvalue weighted by atomic mass is 32.2. The first kappa shape index (κ1) is 10.8. The highest BCUT2D eigenvalue weighted by Gasteiger charge is 2.28. The van der Waals surface area contributed by atoms with Gasteiger partial charge in [-0.1, -0.05) is 6.92 Å². The molecule has 0 radical (unpaired) electrons. The molecule has 2 rings (SSSR count). The summed E-state index contributed by atoms with van der Waals surface area (Å²) in [5.74, 6) is 3.43. The number of piperidine rings is 1. The molecule has 2 aliphatic rings. The lowest BCUT2D eigenvalue weighted by atomic mass is 9.92. The molecule has 2 saturated heterocycles. The Morgan fingerprint density at radius 2 is 1.93 bits per heavy atom. The number of rotatable bonds is 1. The molecule has 14 heavy (non-hydrogen) atoms. The van der Waals surface area contributed by atoms with E-state index in [4.69, 9.17) is 5.73 Å². The summed E-state index contributed by atoms with van der Waals surface area (Å²) in [6.07, 6.45) is 4.06. The Balaban J connectivity index is 1.85. The smallest absolute Gasteiger partial charge is 0.0194 e.